The number of carbonyl (C=O) groups excluding carboxylic acids is 1. The van der Waals surface area contributed by atoms with Gasteiger partial charge in [0.2, 0.25) is 5.91 Å². The van der Waals surface area contributed by atoms with Crippen LogP contribution >= 0.6 is 0 Å². The molecular weight excluding hydrogens is 212 g/mol. The van der Waals surface area contributed by atoms with Gasteiger partial charge in [0.05, 0.1) is 5.92 Å². The van der Waals surface area contributed by atoms with E-state index in [1.807, 2.05) is 4.90 Å². The highest BCUT2D eigenvalue weighted by Gasteiger charge is 2.35. The van der Waals surface area contributed by atoms with E-state index in [0.717, 1.165) is 38.8 Å². The average molecular weight is 240 g/mol. The van der Waals surface area contributed by atoms with Crippen molar-refractivity contribution in [3.05, 3.63) is 0 Å². The first-order valence-corrected chi connectivity index (χ1v) is 7.16. The summed E-state index contributed by atoms with van der Waals surface area (Å²) in [7, 11) is 0. The average Bonchev–Trinajstić information content (AvgIpc) is 2.30. The molecule has 0 bridgehead atoms. The van der Waals surface area contributed by atoms with Gasteiger partial charge in [0.1, 0.15) is 0 Å². The quantitative estimate of drug-likeness (QED) is 0.802. The van der Waals surface area contributed by atoms with Crippen molar-refractivity contribution in [3.63, 3.8) is 0 Å². The van der Waals surface area contributed by atoms with Crippen LogP contribution < -0.4 is 5.73 Å². The third kappa shape index (κ3) is 3.70. The third-order valence-corrected chi connectivity index (χ3v) is 4.03. The summed E-state index contributed by atoms with van der Waals surface area (Å²) in [5, 5.41) is 0. The predicted octanol–water partition coefficient (Wildman–Crippen LogP) is 2.40. The first kappa shape index (κ1) is 14.5. The molecule has 1 rings (SSSR count). The van der Waals surface area contributed by atoms with Gasteiger partial charge in [-0.15, -0.1) is 0 Å². The predicted molar refractivity (Wildman–Crippen MR) is 71.6 cm³/mol. The van der Waals surface area contributed by atoms with Gasteiger partial charge < -0.3 is 10.6 Å². The van der Waals surface area contributed by atoms with Crippen molar-refractivity contribution in [2.45, 2.75) is 58.9 Å². The first-order chi connectivity index (χ1) is 8.11. The minimum absolute atomic E-state index is 0.0561. The summed E-state index contributed by atoms with van der Waals surface area (Å²) in [5.74, 6) is 0.795. The van der Waals surface area contributed by atoms with E-state index in [4.69, 9.17) is 5.73 Å². The summed E-state index contributed by atoms with van der Waals surface area (Å²) in [6, 6.07) is 0.0712. The van der Waals surface area contributed by atoms with E-state index >= 15 is 0 Å². The number of rotatable bonds is 5. The van der Waals surface area contributed by atoms with Crippen molar-refractivity contribution in [3.8, 4) is 0 Å². The molecule has 1 saturated carbocycles. The largest absolute Gasteiger partial charge is 0.343 e. The van der Waals surface area contributed by atoms with Gasteiger partial charge in [-0.3, -0.25) is 4.79 Å². The number of hydrogen-bond donors (Lipinski definition) is 1. The summed E-state index contributed by atoms with van der Waals surface area (Å²) < 4.78 is 0. The van der Waals surface area contributed by atoms with Gasteiger partial charge in [-0.2, -0.15) is 0 Å². The Morgan fingerprint density at radius 1 is 1.35 bits per heavy atom. The Balaban J connectivity index is 2.64. The molecule has 3 heteroatoms. The van der Waals surface area contributed by atoms with E-state index in [9.17, 15) is 4.79 Å². The molecular formula is C14H28N2O. The highest BCUT2D eigenvalue weighted by Crippen LogP contribution is 2.30. The van der Waals surface area contributed by atoms with Gasteiger partial charge in [-0.1, -0.05) is 26.7 Å². The van der Waals surface area contributed by atoms with Crippen LogP contribution in [-0.4, -0.2) is 29.9 Å². The SMILES string of the molecule is CCCCN(CC)C(=O)C1C(C)CCCC1N. The summed E-state index contributed by atoms with van der Waals surface area (Å²) in [5.41, 5.74) is 6.14. The molecule has 1 amide bonds. The maximum Gasteiger partial charge on any atom is 0.227 e. The zero-order valence-corrected chi connectivity index (χ0v) is 11.6. The fourth-order valence-corrected chi connectivity index (χ4v) is 2.87. The van der Waals surface area contributed by atoms with E-state index in [1.165, 1.54) is 6.42 Å². The Bertz CT molecular complexity index is 232. The van der Waals surface area contributed by atoms with Crippen LogP contribution in [0.1, 0.15) is 52.9 Å². The summed E-state index contributed by atoms with van der Waals surface area (Å²) in [4.78, 5) is 14.5. The molecule has 0 radical (unpaired) electrons. The van der Waals surface area contributed by atoms with E-state index in [0.29, 0.717) is 11.8 Å². The highest BCUT2D eigenvalue weighted by atomic mass is 16.2. The topological polar surface area (TPSA) is 46.3 Å². The zero-order valence-electron chi connectivity index (χ0n) is 11.6. The third-order valence-electron chi connectivity index (χ3n) is 4.03. The van der Waals surface area contributed by atoms with Crippen molar-refractivity contribution < 1.29 is 4.79 Å². The molecule has 1 fully saturated rings. The standard InChI is InChI=1S/C14H28N2O/c1-4-6-10-16(5-2)14(17)13-11(3)8-7-9-12(13)15/h11-13H,4-10,15H2,1-3H3. The lowest BCUT2D eigenvalue weighted by molar-refractivity contribution is -0.138. The number of carbonyl (C=O) groups is 1. The van der Waals surface area contributed by atoms with Gasteiger partial charge >= 0.3 is 0 Å². The first-order valence-electron chi connectivity index (χ1n) is 7.16. The molecule has 3 atom stereocenters. The number of nitrogens with zero attached hydrogens (tertiary/aromatic N) is 1. The Labute approximate surface area is 106 Å². The van der Waals surface area contributed by atoms with Crippen molar-refractivity contribution in [2.75, 3.05) is 13.1 Å². The van der Waals surface area contributed by atoms with E-state index in [-0.39, 0.29) is 12.0 Å². The minimum Gasteiger partial charge on any atom is -0.343 e. The number of nitrogens with two attached hydrogens (primary N) is 1. The molecule has 3 unspecified atom stereocenters. The van der Waals surface area contributed by atoms with Gasteiger partial charge in [-0.05, 0) is 32.1 Å². The second kappa shape index (κ2) is 7.00. The fraction of sp³-hybridized carbons (Fsp3) is 0.929. The van der Waals surface area contributed by atoms with E-state index in [1.54, 1.807) is 0 Å². The molecule has 0 aromatic rings. The maximum atomic E-state index is 12.5. The molecule has 0 aromatic heterocycles. The van der Waals surface area contributed by atoms with E-state index in [2.05, 4.69) is 20.8 Å². The molecule has 0 saturated heterocycles. The van der Waals surface area contributed by atoms with Crippen LogP contribution in [0, 0.1) is 11.8 Å². The van der Waals surface area contributed by atoms with E-state index < -0.39 is 0 Å². The number of amides is 1. The lowest BCUT2D eigenvalue weighted by Gasteiger charge is -2.36. The Morgan fingerprint density at radius 2 is 2.06 bits per heavy atom. The van der Waals surface area contributed by atoms with Gasteiger partial charge in [0.25, 0.3) is 0 Å². The van der Waals surface area contributed by atoms with Gasteiger partial charge in [0.15, 0.2) is 0 Å². The van der Waals surface area contributed by atoms with Crippen LogP contribution in [-0.2, 0) is 4.79 Å². The maximum absolute atomic E-state index is 12.5. The summed E-state index contributed by atoms with van der Waals surface area (Å²) >= 11 is 0. The van der Waals surface area contributed by atoms with Crippen LogP contribution in [0.2, 0.25) is 0 Å². The molecule has 0 spiro atoms. The molecule has 3 nitrogen and oxygen atoms in total. The Kier molecular flexibility index (Phi) is 5.96. The second-order valence-electron chi connectivity index (χ2n) is 5.37. The Hall–Kier alpha value is -0.570. The van der Waals surface area contributed by atoms with Crippen LogP contribution in [0.3, 0.4) is 0 Å². The second-order valence-corrected chi connectivity index (χ2v) is 5.37. The monoisotopic (exact) mass is 240 g/mol. The van der Waals surface area contributed by atoms with Gasteiger partial charge in [0, 0.05) is 19.1 Å². The summed E-state index contributed by atoms with van der Waals surface area (Å²) in [6.45, 7) is 8.10. The zero-order chi connectivity index (χ0) is 12.8. The normalized spacial score (nSPS) is 29.1. The Morgan fingerprint density at radius 3 is 2.59 bits per heavy atom. The molecule has 17 heavy (non-hydrogen) atoms. The molecule has 0 heterocycles. The highest BCUT2D eigenvalue weighted by molar-refractivity contribution is 5.80. The van der Waals surface area contributed by atoms with Crippen molar-refractivity contribution in [2.24, 2.45) is 17.6 Å². The molecule has 1 aliphatic carbocycles. The van der Waals surface area contributed by atoms with Crippen LogP contribution in [0.15, 0.2) is 0 Å². The number of unbranched alkanes of at least 4 members (excludes halogenated alkanes) is 1. The molecule has 2 N–H and O–H groups in total. The fourth-order valence-electron chi connectivity index (χ4n) is 2.87. The molecule has 100 valence electrons. The minimum atomic E-state index is 0.0561. The lowest BCUT2D eigenvalue weighted by Crippen LogP contribution is -2.49. The van der Waals surface area contributed by atoms with Crippen LogP contribution in [0.4, 0.5) is 0 Å². The van der Waals surface area contributed by atoms with Crippen molar-refractivity contribution in [1.82, 2.24) is 4.90 Å². The van der Waals surface area contributed by atoms with Crippen molar-refractivity contribution >= 4 is 5.91 Å². The molecule has 1 aliphatic rings. The van der Waals surface area contributed by atoms with Crippen LogP contribution in [0.5, 0.6) is 0 Å². The summed E-state index contributed by atoms with van der Waals surface area (Å²) in [6.07, 6.45) is 5.56. The van der Waals surface area contributed by atoms with Crippen LogP contribution in [0.25, 0.3) is 0 Å². The van der Waals surface area contributed by atoms with Gasteiger partial charge in [-0.25, -0.2) is 0 Å². The lowest BCUT2D eigenvalue weighted by atomic mass is 9.76. The molecule has 0 aromatic carbocycles. The van der Waals surface area contributed by atoms with Crippen molar-refractivity contribution in [1.29, 1.82) is 0 Å². The molecule has 0 aliphatic heterocycles. The smallest absolute Gasteiger partial charge is 0.227 e. The number of hydrogen-bond acceptors (Lipinski definition) is 2.